The van der Waals surface area contributed by atoms with Gasteiger partial charge in [0.05, 0.1) is 6.54 Å². The number of aromatic nitrogens is 1. The Kier molecular flexibility index (Phi) is 3.39. The third-order valence-corrected chi connectivity index (χ3v) is 2.39. The first-order valence-electron chi connectivity index (χ1n) is 5.16. The molecule has 1 unspecified atom stereocenters. The Hall–Kier alpha value is -1.88. The van der Waals surface area contributed by atoms with Crippen LogP contribution in [0.25, 0.3) is 0 Å². The third-order valence-electron chi connectivity index (χ3n) is 2.39. The first-order chi connectivity index (χ1) is 8.16. The predicted octanol–water partition coefficient (Wildman–Crippen LogP) is 2.04. The zero-order valence-electron chi connectivity index (χ0n) is 8.98. The van der Waals surface area contributed by atoms with Crippen LogP contribution in [-0.4, -0.2) is 16.3 Å². The van der Waals surface area contributed by atoms with Gasteiger partial charge in [-0.15, -0.1) is 0 Å². The maximum absolute atomic E-state index is 13.3. The summed E-state index contributed by atoms with van der Waals surface area (Å²) in [4.78, 5) is 0. The van der Waals surface area contributed by atoms with Crippen molar-refractivity contribution < 1.29 is 13.9 Å². The van der Waals surface area contributed by atoms with E-state index in [0.29, 0.717) is 0 Å². The molecule has 1 atom stereocenters. The lowest BCUT2D eigenvalue weighted by Crippen LogP contribution is -2.20. The van der Waals surface area contributed by atoms with E-state index in [1.807, 2.05) is 12.1 Å². The topological polar surface area (TPSA) is 37.2 Å². The molecule has 2 rings (SSSR count). The standard InChI is InChI=1S/C12H12F2N2O/c13-9-3-4-10(11(14)7-9)12(17)8-15-16-5-1-2-6-16/h1-7,12,15,17H,8H2. The van der Waals surface area contributed by atoms with Crippen molar-refractivity contribution >= 4 is 0 Å². The minimum Gasteiger partial charge on any atom is -0.386 e. The van der Waals surface area contributed by atoms with Crippen molar-refractivity contribution in [2.24, 2.45) is 0 Å². The Balaban J connectivity index is 2.01. The Morgan fingerprint density at radius 3 is 2.59 bits per heavy atom. The van der Waals surface area contributed by atoms with Gasteiger partial charge in [0.1, 0.15) is 17.7 Å². The van der Waals surface area contributed by atoms with Crippen molar-refractivity contribution in [1.29, 1.82) is 0 Å². The second kappa shape index (κ2) is 4.97. The van der Waals surface area contributed by atoms with E-state index in [2.05, 4.69) is 5.43 Å². The Labute approximate surface area is 97.3 Å². The van der Waals surface area contributed by atoms with Gasteiger partial charge in [0.2, 0.25) is 0 Å². The molecule has 1 aromatic heterocycles. The first-order valence-corrected chi connectivity index (χ1v) is 5.16. The molecule has 0 aliphatic carbocycles. The van der Waals surface area contributed by atoms with Gasteiger partial charge in [-0.05, 0) is 18.2 Å². The molecule has 0 fully saturated rings. The minimum absolute atomic E-state index is 0.0751. The van der Waals surface area contributed by atoms with Crippen LogP contribution >= 0.6 is 0 Å². The number of hydrogen-bond acceptors (Lipinski definition) is 2. The fourth-order valence-corrected chi connectivity index (χ4v) is 1.51. The van der Waals surface area contributed by atoms with Crippen molar-refractivity contribution in [3.63, 3.8) is 0 Å². The summed E-state index contributed by atoms with van der Waals surface area (Å²) in [5, 5.41) is 9.75. The van der Waals surface area contributed by atoms with Crippen molar-refractivity contribution in [1.82, 2.24) is 4.68 Å². The van der Waals surface area contributed by atoms with E-state index in [0.717, 1.165) is 12.1 Å². The Morgan fingerprint density at radius 2 is 1.94 bits per heavy atom. The highest BCUT2D eigenvalue weighted by molar-refractivity contribution is 5.21. The lowest BCUT2D eigenvalue weighted by molar-refractivity contribution is 0.183. The van der Waals surface area contributed by atoms with Crippen LogP contribution in [0.5, 0.6) is 0 Å². The summed E-state index contributed by atoms with van der Waals surface area (Å²) in [7, 11) is 0. The van der Waals surface area contributed by atoms with Crippen LogP contribution in [0, 0.1) is 11.6 Å². The Bertz CT molecular complexity index is 485. The molecule has 0 amide bonds. The Morgan fingerprint density at radius 1 is 1.24 bits per heavy atom. The van der Waals surface area contributed by atoms with Gasteiger partial charge in [0.15, 0.2) is 0 Å². The largest absolute Gasteiger partial charge is 0.386 e. The fourth-order valence-electron chi connectivity index (χ4n) is 1.51. The molecule has 0 spiro atoms. The average molecular weight is 238 g/mol. The van der Waals surface area contributed by atoms with Gasteiger partial charge in [-0.2, -0.15) is 0 Å². The summed E-state index contributed by atoms with van der Waals surface area (Å²) < 4.78 is 27.7. The van der Waals surface area contributed by atoms with Gasteiger partial charge in [-0.1, -0.05) is 6.07 Å². The lowest BCUT2D eigenvalue weighted by Gasteiger charge is -2.14. The lowest BCUT2D eigenvalue weighted by atomic mass is 10.1. The maximum atomic E-state index is 13.3. The molecule has 0 saturated heterocycles. The summed E-state index contributed by atoms with van der Waals surface area (Å²) in [6.45, 7) is 0.136. The van der Waals surface area contributed by atoms with Crippen LogP contribution in [0.4, 0.5) is 8.78 Å². The number of hydrogen-bond donors (Lipinski definition) is 2. The highest BCUT2D eigenvalue weighted by atomic mass is 19.1. The average Bonchev–Trinajstić information content (AvgIpc) is 2.78. The number of aliphatic hydroxyl groups excluding tert-OH is 1. The van der Waals surface area contributed by atoms with Crippen molar-refractivity contribution in [3.05, 3.63) is 59.9 Å². The second-order valence-electron chi connectivity index (χ2n) is 3.63. The van der Waals surface area contributed by atoms with Crippen molar-refractivity contribution in [2.45, 2.75) is 6.10 Å². The smallest absolute Gasteiger partial charge is 0.131 e. The van der Waals surface area contributed by atoms with E-state index in [1.165, 1.54) is 6.07 Å². The number of halogens is 2. The van der Waals surface area contributed by atoms with Gasteiger partial charge in [-0.25, -0.2) is 8.78 Å². The van der Waals surface area contributed by atoms with E-state index in [-0.39, 0.29) is 12.1 Å². The third kappa shape index (κ3) is 2.82. The molecule has 5 heteroatoms. The number of nitrogens with zero attached hydrogens (tertiary/aromatic N) is 1. The number of benzene rings is 1. The van der Waals surface area contributed by atoms with E-state index in [1.54, 1.807) is 17.1 Å². The van der Waals surface area contributed by atoms with Gasteiger partial charge >= 0.3 is 0 Å². The quantitative estimate of drug-likeness (QED) is 0.855. The molecular formula is C12H12F2N2O. The molecule has 0 radical (unpaired) electrons. The summed E-state index contributed by atoms with van der Waals surface area (Å²) in [5.41, 5.74) is 2.95. The molecule has 17 heavy (non-hydrogen) atoms. The normalized spacial score (nSPS) is 12.4. The molecule has 1 aromatic carbocycles. The summed E-state index contributed by atoms with van der Waals surface area (Å²) in [5.74, 6) is -1.40. The van der Waals surface area contributed by atoms with Gasteiger partial charge < -0.3 is 10.5 Å². The SMILES string of the molecule is OC(CNn1cccc1)c1ccc(F)cc1F. The zero-order chi connectivity index (χ0) is 12.3. The molecule has 0 aliphatic heterocycles. The predicted molar refractivity (Wildman–Crippen MR) is 60.0 cm³/mol. The monoisotopic (exact) mass is 238 g/mol. The molecule has 2 N–H and O–H groups in total. The molecule has 2 aromatic rings. The minimum atomic E-state index is -1.03. The molecule has 90 valence electrons. The van der Waals surface area contributed by atoms with E-state index in [9.17, 15) is 13.9 Å². The summed E-state index contributed by atoms with van der Waals surface area (Å²) >= 11 is 0. The van der Waals surface area contributed by atoms with Crippen molar-refractivity contribution in [2.75, 3.05) is 12.0 Å². The van der Waals surface area contributed by atoms with Gasteiger partial charge in [0, 0.05) is 24.0 Å². The summed E-state index contributed by atoms with van der Waals surface area (Å²) in [6, 6.07) is 6.76. The van der Waals surface area contributed by atoms with Crippen LogP contribution in [-0.2, 0) is 0 Å². The number of nitrogens with one attached hydrogen (secondary N) is 1. The highest BCUT2D eigenvalue weighted by Crippen LogP contribution is 2.17. The van der Waals surface area contributed by atoms with Gasteiger partial charge in [0.25, 0.3) is 0 Å². The maximum Gasteiger partial charge on any atom is 0.131 e. The van der Waals surface area contributed by atoms with Crippen LogP contribution in [0.15, 0.2) is 42.7 Å². The van der Waals surface area contributed by atoms with Crippen LogP contribution in [0.2, 0.25) is 0 Å². The molecule has 3 nitrogen and oxygen atoms in total. The van der Waals surface area contributed by atoms with Gasteiger partial charge in [-0.3, -0.25) is 4.68 Å². The molecular weight excluding hydrogens is 226 g/mol. The summed E-state index contributed by atoms with van der Waals surface area (Å²) in [6.07, 6.45) is 2.49. The molecule has 1 heterocycles. The van der Waals surface area contributed by atoms with Crippen LogP contribution < -0.4 is 5.43 Å². The van der Waals surface area contributed by atoms with Crippen LogP contribution in [0.1, 0.15) is 11.7 Å². The van der Waals surface area contributed by atoms with Crippen molar-refractivity contribution in [3.8, 4) is 0 Å². The highest BCUT2D eigenvalue weighted by Gasteiger charge is 2.13. The molecule has 0 saturated carbocycles. The van der Waals surface area contributed by atoms with Crippen LogP contribution in [0.3, 0.4) is 0 Å². The van der Waals surface area contributed by atoms with E-state index < -0.39 is 17.7 Å². The van der Waals surface area contributed by atoms with E-state index in [4.69, 9.17) is 0 Å². The first kappa shape index (κ1) is 11.6. The van der Waals surface area contributed by atoms with E-state index >= 15 is 0 Å². The zero-order valence-corrected chi connectivity index (χ0v) is 8.98. The number of aliphatic hydroxyl groups is 1. The number of rotatable bonds is 4. The fraction of sp³-hybridized carbons (Fsp3) is 0.167. The molecule has 0 aliphatic rings. The molecule has 0 bridgehead atoms. The second-order valence-corrected chi connectivity index (χ2v) is 3.63.